The molecule has 4 heterocycles. The van der Waals surface area contributed by atoms with Crippen molar-refractivity contribution in [3.63, 3.8) is 0 Å². The van der Waals surface area contributed by atoms with Crippen molar-refractivity contribution in [1.82, 2.24) is 30.5 Å². The molecular formula is C27H38N6O4S. The van der Waals surface area contributed by atoms with Crippen LogP contribution in [0.3, 0.4) is 0 Å². The summed E-state index contributed by atoms with van der Waals surface area (Å²) in [6.45, 7) is 5.49. The van der Waals surface area contributed by atoms with Gasteiger partial charge in [0.1, 0.15) is 18.2 Å². The van der Waals surface area contributed by atoms with E-state index in [1.54, 1.807) is 21.3 Å². The molecule has 1 spiro atoms. The van der Waals surface area contributed by atoms with Crippen LogP contribution in [0.4, 0.5) is 0 Å². The summed E-state index contributed by atoms with van der Waals surface area (Å²) in [5.41, 5.74) is 1.57. The normalized spacial score (nSPS) is 29.7. The van der Waals surface area contributed by atoms with Crippen LogP contribution in [0.2, 0.25) is 0 Å². The average Bonchev–Trinajstić information content (AvgIpc) is 3.63. The molecule has 11 heteroatoms. The molecule has 3 fully saturated rings. The van der Waals surface area contributed by atoms with E-state index in [1.807, 2.05) is 31.2 Å². The molecule has 38 heavy (non-hydrogen) atoms. The number of hydrogen-bond donors (Lipinski definition) is 3. The molecule has 3 saturated heterocycles. The molecule has 3 unspecified atom stereocenters. The van der Waals surface area contributed by atoms with Gasteiger partial charge in [0.15, 0.2) is 0 Å². The zero-order chi connectivity index (χ0) is 26.9. The van der Waals surface area contributed by atoms with Gasteiger partial charge in [-0.25, -0.2) is 4.68 Å². The Bertz CT molecular complexity index is 1190. The lowest BCUT2D eigenvalue weighted by Gasteiger charge is -2.38. The zero-order valence-corrected chi connectivity index (χ0v) is 23.0. The first kappa shape index (κ1) is 26.9. The number of nitrogens with one attached hydrogen (secondary N) is 2. The standard InChI is InChI=1S/C27H38N6O4S/c1-3-12-28-24(35)21-20-15-17(2)27(38-20)22(21)26(37)32(13-8-4-5-9-14-34)23(27)25(36)29-16-33-19-11-7-6-10-18(19)30-31-33/h6-7,10-11,17,20-23,34H,3-5,8-9,12-16H2,1-2H3,(H,28,35)(H,29,36)/t17?,20-,21+,22+,23?,27?/m1/s1. The summed E-state index contributed by atoms with van der Waals surface area (Å²) in [7, 11) is 0. The van der Waals surface area contributed by atoms with Crippen LogP contribution in [0.5, 0.6) is 0 Å². The molecule has 0 saturated carbocycles. The van der Waals surface area contributed by atoms with E-state index >= 15 is 0 Å². The van der Waals surface area contributed by atoms with E-state index in [-0.39, 0.29) is 42.2 Å². The van der Waals surface area contributed by atoms with E-state index in [0.717, 1.165) is 49.6 Å². The lowest BCUT2D eigenvalue weighted by molar-refractivity contribution is -0.140. The quantitative estimate of drug-likeness (QED) is 0.350. The summed E-state index contributed by atoms with van der Waals surface area (Å²) in [4.78, 5) is 43.0. The highest BCUT2D eigenvalue weighted by molar-refractivity contribution is 8.02. The summed E-state index contributed by atoms with van der Waals surface area (Å²) in [6.07, 6.45) is 4.87. The van der Waals surface area contributed by atoms with Crippen LogP contribution in [0.25, 0.3) is 11.0 Å². The Morgan fingerprint density at radius 2 is 1.95 bits per heavy atom. The number of thioether (sulfide) groups is 1. The molecule has 3 aliphatic heterocycles. The number of likely N-dealkylation sites (tertiary alicyclic amines) is 1. The number of fused-ring (bicyclic) bond motifs is 2. The van der Waals surface area contributed by atoms with Crippen LogP contribution >= 0.6 is 11.8 Å². The monoisotopic (exact) mass is 542 g/mol. The predicted octanol–water partition coefficient (Wildman–Crippen LogP) is 1.92. The summed E-state index contributed by atoms with van der Waals surface area (Å²) in [6, 6.07) is 6.92. The average molecular weight is 543 g/mol. The molecule has 0 aliphatic carbocycles. The third kappa shape index (κ3) is 4.47. The maximum absolute atomic E-state index is 14.0. The molecule has 3 N–H and O–H groups in total. The van der Waals surface area contributed by atoms with E-state index in [1.165, 1.54) is 0 Å². The summed E-state index contributed by atoms with van der Waals surface area (Å²) in [5, 5.41) is 23.6. The lowest BCUT2D eigenvalue weighted by atomic mass is 9.66. The van der Waals surface area contributed by atoms with E-state index in [4.69, 9.17) is 5.11 Å². The first-order valence-corrected chi connectivity index (χ1v) is 14.7. The molecule has 2 aromatic rings. The van der Waals surface area contributed by atoms with Crippen LogP contribution in [-0.4, -0.2) is 78.5 Å². The van der Waals surface area contributed by atoms with Crippen molar-refractivity contribution in [3.8, 4) is 0 Å². The van der Waals surface area contributed by atoms with Crippen LogP contribution < -0.4 is 10.6 Å². The molecule has 6 atom stereocenters. The fourth-order valence-electron chi connectivity index (χ4n) is 6.76. The first-order chi connectivity index (χ1) is 18.4. The number of amides is 3. The van der Waals surface area contributed by atoms with E-state index in [0.29, 0.717) is 13.1 Å². The van der Waals surface area contributed by atoms with Crippen molar-refractivity contribution in [2.75, 3.05) is 19.7 Å². The van der Waals surface area contributed by atoms with Gasteiger partial charge in [-0.3, -0.25) is 14.4 Å². The summed E-state index contributed by atoms with van der Waals surface area (Å²) >= 11 is 1.69. The number of carbonyl (C=O) groups is 3. The number of aliphatic hydroxyl groups excluding tert-OH is 1. The highest BCUT2D eigenvalue weighted by atomic mass is 32.2. The molecule has 2 bridgehead atoms. The molecule has 1 aromatic heterocycles. The number of carbonyl (C=O) groups excluding carboxylic acids is 3. The number of aromatic nitrogens is 3. The molecule has 0 radical (unpaired) electrons. The van der Waals surface area contributed by atoms with Crippen molar-refractivity contribution >= 4 is 40.5 Å². The number of unbranched alkanes of at least 4 members (excludes halogenated alkanes) is 3. The number of rotatable bonds is 12. The van der Waals surface area contributed by atoms with Gasteiger partial charge in [-0.15, -0.1) is 16.9 Å². The molecular weight excluding hydrogens is 504 g/mol. The second kappa shape index (κ2) is 11.2. The minimum absolute atomic E-state index is 0.0390. The summed E-state index contributed by atoms with van der Waals surface area (Å²) in [5.74, 6) is -1.12. The third-order valence-electron chi connectivity index (χ3n) is 8.48. The number of nitrogens with zero attached hydrogens (tertiary/aromatic N) is 4. The number of para-hydroxylation sites is 1. The van der Waals surface area contributed by atoms with Gasteiger partial charge in [0.2, 0.25) is 17.7 Å². The smallest absolute Gasteiger partial charge is 0.245 e. The van der Waals surface area contributed by atoms with Gasteiger partial charge in [-0.1, -0.05) is 44.0 Å². The van der Waals surface area contributed by atoms with Gasteiger partial charge in [0.25, 0.3) is 0 Å². The fraction of sp³-hybridized carbons (Fsp3) is 0.667. The van der Waals surface area contributed by atoms with Crippen molar-refractivity contribution in [3.05, 3.63) is 24.3 Å². The highest BCUT2D eigenvalue weighted by Crippen LogP contribution is 2.68. The van der Waals surface area contributed by atoms with E-state index in [2.05, 4.69) is 27.9 Å². The Labute approximate surface area is 227 Å². The Kier molecular flexibility index (Phi) is 7.95. The zero-order valence-electron chi connectivity index (χ0n) is 22.1. The van der Waals surface area contributed by atoms with Gasteiger partial charge in [0.05, 0.1) is 22.1 Å². The highest BCUT2D eigenvalue weighted by Gasteiger charge is 2.75. The molecule has 3 amide bonds. The van der Waals surface area contributed by atoms with Crippen LogP contribution in [-0.2, 0) is 21.1 Å². The Morgan fingerprint density at radius 1 is 1.16 bits per heavy atom. The van der Waals surface area contributed by atoms with Gasteiger partial charge in [0, 0.05) is 24.9 Å². The van der Waals surface area contributed by atoms with E-state index < -0.39 is 22.6 Å². The topological polar surface area (TPSA) is 129 Å². The molecule has 3 aliphatic rings. The first-order valence-electron chi connectivity index (χ1n) is 13.9. The van der Waals surface area contributed by atoms with Crippen molar-refractivity contribution < 1.29 is 19.5 Å². The summed E-state index contributed by atoms with van der Waals surface area (Å²) < 4.78 is 1.03. The van der Waals surface area contributed by atoms with Gasteiger partial charge in [-0.05, 0) is 43.7 Å². The SMILES string of the molecule is CCCNC(=O)[C@@H]1[C@H]2C(=O)N(CCCCCCO)C(C(=O)NCn3nnc4ccccc43)C23S[C@@H]1CC3C. The Morgan fingerprint density at radius 3 is 2.74 bits per heavy atom. The van der Waals surface area contributed by atoms with Crippen molar-refractivity contribution in [2.45, 2.75) is 75.1 Å². The number of benzene rings is 1. The molecule has 10 nitrogen and oxygen atoms in total. The Balaban J connectivity index is 1.41. The second-order valence-electron chi connectivity index (χ2n) is 10.8. The molecule has 206 valence electrons. The number of aliphatic hydroxyl groups is 1. The third-order valence-corrected chi connectivity index (χ3v) is 10.6. The van der Waals surface area contributed by atoms with Gasteiger partial charge < -0.3 is 20.6 Å². The Hall–Kier alpha value is -2.66. The van der Waals surface area contributed by atoms with Crippen LogP contribution in [0, 0.1) is 17.8 Å². The maximum atomic E-state index is 14.0. The molecule has 5 rings (SSSR count). The van der Waals surface area contributed by atoms with Crippen molar-refractivity contribution in [2.24, 2.45) is 17.8 Å². The maximum Gasteiger partial charge on any atom is 0.245 e. The minimum Gasteiger partial charge on any atom is -0.396 e. The number of hydrogen-bond acceptors (Lipinski definition) is 7. The van der Waals surface area contributed by atoms with Crippen molar-refractivity contribution in [1.29, 1.82) is 0 Å². The lowest BCUT2D eigenvalue weighted by Crippen LogP contribution is -2.56. The fourth-order valence-corrected chi connectivity index (χ4v) is 9.18. The van der Waals surface area contributed by atoms with Gasteiger partial charge in [-0.2, -0.15) is 0 Å². The predicted molar refractivity (Wildman–Crippen MR) is 145 cm³/mol. The van der Waals surface area contributed by atoms with E-state index in [9.17, 15) is 14.4 Å². The van der Waals surface area contributed by atoms with Gasteiger partial charge >= 0.3 is 0 Å². The largest absolute Gasteiger partial charge is 0.396 e. The van der Waals surface area contributed by atoms with Crippen LogP contribution in [0.15, 0.2) is 24.3 Å². The second-order valence-corrected chi connectivity index (χ2v) is 12.3. The van der Waals surface area contributed by atoms with Crippen LogP contribution in [0.1, 0.15) is 52.4 Å². The molecule has 1 aromatic carbocycles. The minimum atomic E-state index is -0.651.